The van der Waals surface area contributed by atoms with Crippen LogP contribution in [0.3, 0.4) is 0 Å². The minimum absolute atomic E-state index is 0.177. The predicted octanol–water partition coefficient (Wildman–Crippen LogP) is 1.05. The number of alkyl halides is 3. The van der Waals surface area contributed by atoms with E-state index in [1.54, 1.807) is 0 Å². The first kappa shape index (κ1) is 12.3. The second kappa shape index (κ2) is 4.83. The summed E-state index contributed by atoms with van der Waals surface area (Å²) in [7, 11) is 0. The van der Waals surface area contributed by atoms with Crippen molar-refractivity contribution >= 4 is 5.91 Å². The molecule has 1 aliphatic heterocycles. The maximum absolute atomic E-state index is 11.9. The molecule has 3 nitrogen and oxygen atoms in total. The van der Waals surface area contributed by atoms with E-state index in [4.69, 9.17) is 0 Å². The van der Waals surface area contributed by atoms with Crippen LogP contribution in [-0.2, 0) is 4.79 Å². The number of nitrogens with one attached hydrogen (secondary N) is 2. The fraction of sp³-hybridized carbons (Fsp3) is 0.889. The van der Waals surface area contributed by atoms with E-state index in [-0.39, 0.29) is 6.04 Å². The van der Waals surface area contributed by atoms with Crippen molar-refractivity contribution < 1.29 is 18.0 Å². The van der Waals surface area contributed by atoms with E-state index in [1.807, 2.05) is 6.92 Å². The van der Waals surface area contributed by atoms with Crippen molar-refractivity contribution in [3.05, 3.63) is 0 Å². The van der Waals surface area contributed by atoms with Crippen LogP contribution in [0, 0.1) is 5.92 Å². The predicted molar refractivity (Wildman–Crippen MR) is 49.3 cm³/mol. The number of amides is 1. The first-order valence-electron chi connectivity index (χ1n) is 4.93. The lowest BCUT2D eigenvalue weighted by molar-refractivity contribution is -0.154. The molecule has 1 amide bonds. The minimum atomic E-state index is -4.42. The molecule has 0 saturated carbocycles. The van der Waals surface area contributed by atoms with Gasteiger partial charge in [-0.3, -0.25) is 4.79 Å². The van der Waals surface area contributed by atoms with Crippen LogP contribution in [0.4, 0.5) is 13.2 Å². The molecule has 0 radical (unpaired) electrons. The molecule has 2 unspecified atom stereocenters. The second-order valence-electron chi connectivity index (χ2n) is 4.06. The molecule has 0 aromatic rings. The normalized spacial score (nSPS) is 27.5. The van der Waals surface area contributed by atoms with Crippen LogP contribution >= 0.6 is 0 Å². The summed E-state index contributed by atoms with van der Waals surface area (Å²) in [6.07, 6.45) is -5.08. The van der Waals surface area contributed by atoms with Crippen LogP contribution in [0.5, 0.6) is 0 Å². The lowest BCUT2D eigenvalue weighted by Gasteiger charge is -2.28. The van der Waals surface area contributed by atoms with Gasteiger partial charge in [0.2, 0.25) is 5.91 Å². The average Bonchev–Trinajstić information content (AvgIpc) is 1.99. The van der Waals surface area contributed by atoms with E-state index < -0.39 is 18.5 Å². The minimum Gasteiger partial charge on any atom is -0.352 e. The molecule has 0 aromatic heterocycles. The number of carbonyl (C=O) groups excluding carboxylic acids is 1. The Kier molecular flexibility index (Phi) is 3.96. The fourth-order valence-electron chi connectivity index (χ4n) is 1.73. The van der Waals surface area contributed by atoms with Crippen molar-refractivity contribution in [2.75, 3.05) is 13.1 Å². The lowest BCUT2D eigenvalue weighted by atomic mass is 9.97. The zero-order valence-corrected chi connectivity index (χ0v) is 8.53. The quantitative estimate of drug-likeness (QED) is 0.736. The van der Waals surface area contributed by atoms with Crippen LogP contribution in [0.25, 0.3) is 0 Å². The molecule has 1 saturated heterocycles. The number of hydrogen-bond donors (Lipinski definition) is 2. The Morgan fingerprint density at radius 2 is 2.13 bits per heavy atom. The van der Waals surface area contributed by atoms with E-state index in [1.165, 1.54) is 0 Å². The van der Waals surface area contributed by atoms with Crippen molar-refractivity contribution in [2.24, 2.45) is 5.92 Å². The van der Waals surface area contributed by atoms with E-state index in [0.29, 0.717) is 12.5 Å². The molecule has 0 aromatic carbocycles. The summed E-state index contributed by atoms with van der Waals surface area (Å²) in [5, 5.41) is 5.44. The summed E-state index contributed by atoms with van der Waals surface area (Å²) in [5.41, 5.74) is 0. The van der Waals surface area contributed by atoms with Gasteiger partial charge in [0.05, 0.1) is 0 Å². The lowest BCUT2D eigenvalue weighted by Crippen LogP contribution is -2.48. The Bertz CT molecular complexity index is 230. The van der Waals surface area contributed by atoms with E-state index in [2.05, 4.69) is 10.6 Å². The molecular weight excluding hydrogens is 209 g/mol. The Morgan fingerprint density at radius 1 is 1.47 bits per heavy atom. The number of piperidine rings is 1. The van der Waals surface area contributed by atoms with Gasteiger partial charge in [-0.2, -0.15) is 13.2 Å². The molecule has 0 spiro atoms. The van der Waals surface area contributed by atoms with Crippen molar-refractivity contribution in [1.82, 2.24) is 10.6 Å². The summed E-state index contributed by atoms with van der Waals surface area (Å²) < 4.78 is 35.6. The van der Waals surface area contributed by atoms with E-state index in [9.17, 15) is 18.0 Å². The summed E-state index contributed by atoms with van der Waals surface area (Å²) in [6.45, 7) is 3.40. The van der Waals surface area contributed by atoms with E-state index >= 15 is 0 Å². The Labute approximate surface area is 86.4 Å². The largest absolute Gasteiger partial charge is 0.397 e. The Balaban J connectivity index is 2.31. The third kappa shape index (κ3) is 5.01. The molecule has 1 rings (SSSR count). The maximum Gasteiger partial charge on any atom is 0.397 e. The number of halogens is 3. The van der Waals surface area contributed by atoms with Gasteiger partial charge in [0.25, 0.3) is 0 Å². The number of carbonyl (C=O) groups is 1. The van der Waals surface area contributed by atoms with Gasteiger partial charge in [-0.25, -0.2) is 0 Å². The van der Waals surface area contributed by atoms with Gasteiger partial charge in [-0.1, -0.05) is 6.92 Å². The second-order valence-corrected chi connectivity index (χ2v) is 4.06. The number of rotatable bonds is 2. The smallest absolute Gasteiger partial charge is 0.352 e. The van der Waals surface area contributed by atoms with Crippen molar-refractivity contribution in [1.29, 1.82) is 0 Å². The summed E-state index contributed by atoms with van der Waals surface area (Å²) in [5.74, 6) is -0.557. The van der Waals surface area contributed by atoms with Gasteiger partial charge < -0.3 is 10.6 Å². The van der Waals surface area contributed by atoms with Gasteiger partial charge in [-0.15, -0.1) is 0 Å². The highest BCUT2D eigenvalue weighted by molar-refractivity contribution is 5.76. The Morgan fingerprint density at radius 3 is 2.67 bits per heavy atom. The molecule has 2 N–H and O–H groups in total. The first-order valence-corrected chi connectivity index (χ1v) is 4.93. The average molecular weight is 224 g/mol. The fourth-order valence-corrected chi connectivity index (χ4v) is 1.73. The highest BCUT2D eigenvalue weighted by Crippen LogP contribution is 2.19. The van der Waals surface area contributed by atoms with Crippen LogP contribution < -0.4 is 10.6 Å². The molecule has 1 fully saturated rings. The third-order valence-electron chi connectivity index (χ3n) is 2.30. The summed E-state index contributed by atoms with van der Waals surface area (Å²) in [4.78, 5) is 11.0. The molecule has 0 aliphatic carbocycles. The van der Waals surface area contributed by atoms with Crippen LogP contribution in [0.15, 0.2) is 0 Å². The molecule has 1 heterocycles. The molecule has 0 bridgehead atoms. The molecule has 1 aliphatic rings. The van der Waals surface area contributed by atoms with Crippen molar-refractivity contribution in [3.8, 4) is 0 Å². The van der Waals surface area contributed by atoms with Gasteiger partial charge in [0, 0.05) is 12.6 Å². The van der Waals surface area contributed by atoms with Gasteiger partial charge >= 0.3 is 6.18 Å². The van der Waals surface area contributed by atoms with Crippen LogP contribution in [0.1, 0.15) is 19.8 Å². The molecule has 6 heteroatoms. The van der Waals surface area contributed by atoms with Gasteiger partial charge in [-0.05, 0) is 18.9 Å². The first-order chi connectivity index (χ1) is 6.87. The zero-order valence-electron chi connectivity index (χ0n) is 8.53. The molecule has 15 heavy (non-hydrogen) atoms. The molecule has 2 atom stereocenters. The summed E-state index contributed by atoms with van der Waals surface area (Å²) in [6, 6.07) is -0.177. The monoisotopic (exact) mass is 224 g/mol. The standard InChI is InChI=1S/C9H15F3N2O/c1-6-2-7(5-13-4-6)14-8(15)3-9(10,11)12/h6-7,13H,2-5H2,1H3,(H,14,15). The van der Waals surface area contributed by atoms with Gasteiger partial charge in [0.15, 0.2) is 0 Å². The van der Waals surface area contributed by atoms with E-state index in [0.717, 1.165) is 13.0 Å². The highest BCUT2D eigenvalue weighted by atomic mass is 19.4. The SMILES string of the molecule is CC1CNCC(NC(=O)CC(F)(F)F)C1. The van der Waals surface area contributed by atoms with Crippen molar-refractivity contribution in [3.63, 3.8) is 0 Å². The Hall–Kier alpha value is -0.780. The summed E-state index contributed by atoms with van der Waals surface area (Å²) >= 11 is 0. The van der Waals surface area contributed by atoms with Crippen molar-refractivity contribution in [2.45, 2.75) is 32.0 Å². The zero-order chi connectivity index (χ0) is 11.5. The maximum atomic E-state index is 11.9. The van der Waals surface area contributed by atoms with Crippen LogP contribution in [0.2, 0.25) is 0 Å². The topological polar surface area (TPSA) is 41.1 Å². The van der Waals surface area contributed by atoms with Gasteiger partial charge in [0.1, 0.15) is 6.42 Å². The van der Waals surface area contributed by atoms with Crippen LogP contribution in [-0.4, -0.2) is 31.2 Å². The number of hydrogen-bond acceptors (Lipinski definition) is 2. The molecular formula is C9H15F3N2O. The third-order valence-corrected chi connectivity index (χ3v) is 2.30. The molecule has 88 valence electrons. The highest BCUT2D eigenvalue weighted by Gasteiger charge is 2.32.